The van der Waals surface area contributed by atoms with Crippen LogP contribution in [0.4, 0.5) is 5.82 Å². The molecule has 3 aromatic heterocycles. The summed E-state index contributed by atoms with van der Waals surface area (Å²) in [5.74, 6) is 7.20. The SMILES string of the molecule is CC(C)(C)Nc1c(-c2nc(C#Cc3ccccc3)cs2)nc2cnccn12. The third-order valence-electron chi connectivity index (χ3n) is 3.74. The van der Waals surface area contributed by atoms with Crippen molar-refractivity contribution < 1.29 is 0 Å². The van der Waals surface area contributed by atoms with Gasteiger partial charge in [0.1, 0.15) is 22.2 Å². The minimum Gasteiger partial charge on any atom is -0.365 e. The van der Waals surface area contributed by atoms with Crippen LogP contribution in [0.3, 0.4) is 0 Å². The number of imidazole rings is 1. The highest BCUT2D eigenvalue weighted by molar-refractivity contribution is 7.13. The summed E-state index contributed by atoms with van der Waals surface area (Å²) in [6.45, 7) is 6.36. The fourth-order valence-corrected chi connectivity index (χ4v) is 3.37. The first kappa shape index (κ1) is 17.3. The van der Waals surface area contributed by atoms with E-state index in [4.69, 9.17) is 9.97 Å². The van der Waals surface area contributed by atoms with Crippen LogP contribution in [0, 0.1) is 11.8 Å². The van der Waals surface area contributed by atoms with Gasteiger partial charge in [0.15, 0.2) is 5.65 Å². The first-order valence-corrected chi connectivity index (χ1v) is 9.51. The predicted octanol–water partition coefficient (Wildman–Crippen LogP) is 4.46. The molecule has 4 aromatic rings. The second-order valence-electron chi connectivity index (χ2n) is 7.14. The lowest BCUT2D eigenvalue weighted by molar-refractivity contribution is 0.629. The van der Waals surface area contributed by atoms with Gasteiger partial charge in [0.2, 0.25) is 0 Å². The summed E-state index contributed by atoms with van der Waals surface area (Å²) in [6.07, 6.45) is 5.41. The third-order valence-corrected chi connectivity index (χ3v) is 4.59. The van der Waals surface area contributed by atoms with Crippen LogP contribution in [0.5, 0.6) is 0 Å². The van der Waals surface area contributed by atoms with Crippen molar-refractivity contribution in [1.82, 2.24) is 19.4 Å². The van der Waals surface area contributed by atoms with Crippen molar-refractivity contribution in [2.45, 2.75) is 26.3 Å². The smallest absolute Gasteiger partial charge is 0.157 e. The Morgan fingerprint density at radius 3 is 2.67 bits per heavy atom. The summed E-state index contributed by atoms with van der Waals surface area (Å²) in [5.41, 5.74) is 3.21. The normalized spacial score (nSPS) is 11.2. The van der Waals surface area contributed by atoms with Crippen molar-refractivity contribution in [2.75, 3.05) is 5.32 Å². The molecule has 3 heterocycles. The van der Waals surface area contributed by atoms with Gasteiger partial charge < -0.3 is 5.32 Å². The molecule has 0 atom stereocenters. The maximum atomic E-state index is 4.74. The molecule has 0 fully saturated rings. The van der Waals surface area contributed by atoms with Gasteiger partial charge >= 0.3 is 0 Å². The summed E-state index contributed by atoms with van der Waals surface area (Å²) in [6, 6.07) is 9.91. The largest absolute Gasteiger partial charge is 0.365 e. The van der Waals surface area contributed by atoms with E-state index in [1.807, 2.05) is 46.3 Å². The molecule has 5 nitrogen and oxygen atoms in total. The minimum absolute atomic E-state index is 0.110. The van der Waals surface area contributed by atoms with Crippen molar-refractivity contribution in [1.29, 1.82) is 0 Å². The molecule has 0 spiro atoms. The minimum atomic E-state index is -0.110. The van der Waals surface area contributed by atoms with Crippen LogP contribution in [0.25, 0.3) is 16.3 Å². The molecule has 0 bridgehead atoms. The van der Waals surface area contributed by atoms with E-state index in [2.05, 4.69) is 42.9 Å². The molecule has 1 aromatic carbocycles. The maximum Gasteiger partial charge on any atom is 0.157 e. The average Bonchev–Trinajstić information content (AvgIpc) is 3.25. The van der Waals surface area contributed by atoms with Crippen molar-refractivity contribution >= 4 is 22.8 Å². The lowest BCUT2D eigenvalue weighted by atomic mass is 10.1. The molecule has 4 rings (SSSR count). The van der Waals surface area contributed by atoms with Gasteiger partial charge in [-0.2, -0.15) is 0 Å². The molecule has 0 aliphatic carbocycles. The summed E-state index contributed by atoms with van der Waals surface area (Å²) >= 11 is 1.54. The van der Waals surface area contributed by atoms with Gasteiger partial charge in [0.05, 0.1) is 6.20 Å². The Hall–Kier alpha value is -3.17. The molecule has 0 unspecified atom stereocenters. The maximum absolute atomic E-state index is 4.74. The first-order valence-electron chi connectivity index (χ1n) is 8.63. The van der Waals surface area contributed by atoms with Gasteiger partial charge in [-0.1, -0.05) is 24.1 Å². The van der Waals surface area contributed by atoms with Crippen LogP contribution in [0.1, 0.15) is 32.0 Å². The van der Waals surface area contributed by atoms with Crippen LogP contribution in [0.2, 0.25) is 0 Å². The highest BCUT2D eigenvalue weighted by atomic mass is 32.1. The van der Waals surface area contributed by atoms with E-state index >= 15 is 0 Å². The van der Waals surface area contributed by atoms with E-state index in [-0.39, 0.29) is 5.54 Å². The van der Waals surface area contributed by atoms with Crippen LogP contribution in [0.15, 0.2) is 54.3 Å². The Labute approximate surface area is 162 Å². The monoisotopic (exact) mass is 373 g/mol. The van der Waals surface area contributed by atoms with Gasteiger partial charge in [0.25, 0.3) is 0 Å². The van der Waals surface area contributed by atoms with Crippen LogP contribution in [-0.4, -0.2) is 24.9 Å². The number of hydrogen-bond acceptors (Lipinski definition) is 5. The Bertz CT molecular complexity index is 1140. The molecule has 0 radical (unpaired) electrons. The number of aromatic nitrogens is 4. The topological polar surface area (TPSA) is 55.1 Å². The molecule has 1 N–H and O–H groups in total. The molecular formula is C21H19N5S. The fraction of sp³-hybridized carbons (Fsp3) is 0.190. The highest BCUT2D eigenvalue weighted by Gasteiger charge is 2.21. The van der Waals surface area contributed by atoms with Crippen LogP contribution in [-0.2, 0) is 0 Å². The number of fused-ring (bicyclic) bond motifs is 1. The molecule has 27 heavy (non-hydrogen) atoms. The highest BCUT2D eigenvalue weighted by Crippen LogP contribution is 2.32. The van der Waals surface area contributed by atoms with E-state index in [1.165, 1.54) is 0 Å². The number of rotatable bonds is 2. The van der Waals surface area contributed by atoms with Crippen molar-refractivity contribution in [3.05, 3.63) is 65.6 Å². The van der Waals surface area contributed by atoms with E-state index < -0.39 is 0 Å². The summed E-state index contributed by atoms with van der Waals surface area (Å²) in [7, 11) is 0. The van der Waals surface area contributed by atoms with Gasteiger partial charge in [-0.25, -0.2) is 9.97 Å². The van der Waals surface area contributed by atoms with Gasteiger partial charge in [-0.3, -0.25) is 9.38 Å². The Balaban J connectivity index is 1.74. The molecule has 0 aliphatic heterocycles. The third kappa shape index (κ3) is 3.83. The van der Waals surface area contributed by atoms with E-state index in [9.17, 15) is 0 Å². The van der Waals surface area contributed by atoms with Gasteiger partial charge in [0, 0.05) is 28.9 Å². The number of thiazole rings is 1. The summed E-state index contributed by atoms with van der Waals surface area (Å²) in [5, 5.41) is 6.34. The van der Waals surface area contributed by atoms with Gasteiger partial charge in [-0.15, -0.1) is 11.3 Å². The quantitative estimate of drug-likeness (QED) is 0.527. The molecule has 6 heteroatoms. The number of nitrogens with one attached hydrogen (secondary N) is 1. The van der Waals surface area contributed by atoms with Crippen molar-refractivity contribution in [2.24, 2.45) is 0 Å². The van der Waals surface area contributed by atoms with Gasteiger partial charge in [-0.05, 0) is 38.8 Å². The Kier molecular flexibility index (Phi) is 4.38. The Morgan fingerprint density at radius 1 is 1.07 bits per heavy atom. The standard InChI is InChI=1S/C21H19N5S/c1-21(2,3)25-19-18(24-17-13-22-11-12-26(17)19)20-23-16(14-27-20)10-9-15-7-5-4-6-8-15/h4-8,11-14,25H,1-3H3. The summed E-state index contributed by atoms with van der Waals surface area (Å²) < 4.78 is 2.00. The van der Waals surface area contributed by atoms with E-state index in [1.54, 1.807) is 23.7 Å². The molecule has 0 amide bonds. The molecule has 0 aliphatic rings. The lowest BCUT2D eigenvalue weighted by Crippen LogP contribution is -2.27. The summed E-state index contributed by atoms with van der Waals surface area (Å²) in [4.78, 5) is 13.6. The molecule has 134 valence electrons. The second-order valence-corrected chi connectivity index (χ2v) is 8.00. The lowest BCUT2D eigenvalue weighted by Gasteiger charge is -2.22. The van der Waals surface area contributed by atoms with Crippen molar-refractivity contribution in [3.63, 3.8) is 0 Å². The molecule has 0 saturated carbocycles. The van der Waals surface area contributed by atoms with E-state index in [0.717, 1.165) is 33.4 Å². The predicted molar refractivity (Wildman–Crippen MR) is 110 cm³/mol. The molecular weight excluding hydrogens is 354 g/mol. The molecule has 0 saturated heterocycles. The number of nitrogens with zero attached hydrogens (tertiary/aromatic N) is 4. The van der Waals surface area contributed by atoms with Crippen LogP contribution >= 0.6 is 11.3 Å². The number of hydrogen-bond donors (Lipinski definition) is 1. The fourth-order valence-electron chi connectivity index (χ4n) is 2.63. The zero-order valence-corrected chi connectivity index (χ0v) is 16.2. The second kappa shape index (κ2) is 6.86. The number of benzene rings is 1. The number of anilines is 1. The van der Waals surface area contributed by atoms with Crippen LogP contribution < -0.4 is 5.32 Å². The van der Waals surface area contributed by atoms with E-state index in [0.29, 0.717) is 0 Å². The Morgan fingerprint density at radius 2 is 1.89 bits per heavy atom. The first-order chi connectivity index (χ1) is 13.0. The average molecular weight is 373 g/mol. The van der Waals surface area contributed by atoms with Crippen molar-refractivity contribution in [3.8, 4) is 22.5 Å². The zero-order valence-electron chi connectivity index (χ0n) is 15.4. The zero-order chi connectivity index (χ0) is 18.9.